The summed E-state index contributed by atoms with van der Waals surface area (Å²) in [6.45, 7) is 6.91. The van der Waals surface area contributed by atoms with Gasteiger partial charge in [0, 0.05) is 31.4 Å². The van der Waals surface area contributed by atoms with Crippen LogP contribution in [0.4, 0.5) is 0 Å². The highest BCUT2D eigenvalue weighted by molar-refractivity contribution is 7.80. The molecule has 0 atom stereocenters. The van der Waals surface area contributed by atoms with E-state index in [1.54, 1.807) is 6.20 Å². The number of nitrogens with zero attached hydrogens (tertiary/aromatic N) is 4. The molecule has 0 bridgehead atoms. The molecule has 0 aliphatic carbocycles. The van der Waals surface area contributed by atoms with Crippen molar-refractivity contribution >= 4 is 28.9 Å². The van der Waals surface area contributed by atoms with Crippen LogP contribution in [0.5, 0.6) is 0 Å². The lowest BCUT2D eigenvalue weighted by atomic mass is 10.3. The van der Waals surface area contributed by atoms with E-state index in [2.05, 4.69) is 27.8 Å². The maximum absolute atomic E-state index is 6.10. The minimum atomic E-state index is 0.548. The van der Waals surface area contributed by atoms with Gasteiger partial charge in [0.25, 0.3) is 0 Å². The van der Waals surface area contributed by atoms with E-state index in [1.807, 2.05) is 28.7 Å². The Morgan fingerprint density at radius 3 is 2.62 bits per heavy atom. The molecule has 6 nitrogen and oxygen atoms in total. The maximum Gasteiger partial charge on any atom is 0.166 e. The van der Waals surface area contributed by atoms with Crippen LogP contribution in [0.2, 0.25) is 5.02 Å². The summed E-state index contributed by atoms with van der Waals surface area (Å²) in [5.41, 5.74) is 2.03. The van der Waals surface area contributed by atoms with E-state index in [9.17, 15) is 0 Å². The van der Waals surface area contributed by atoms with Gasteiger partial charge in [-0.05, 0) is 26.1 Å². The van der Waals surface area contributed by atoms with Crippen molar-refractivity contribution in [3.05, 3.63) is 34.9 Å². The van der Waals surface area contributed by atoms with E-state index >= 15 is 0 Å². The predicted molar refractivity (Wildman–Crippen MR) is 87.1 cm³/mol. The molecule has 21 heavy (non-hydrogen) atoms. The molecule has 0 fully saturated rings. The van der Waals surface area contributed by atoms with Crippen molar-refractivity contribution in [1.29, 1.82) is 0 Å². The van der Waals surface area contributed by atoms with Crippen molar-refractivity contribution in [1.82, 2.24) is 30.2 Å². The third-order valence-corrected chi connectivity index (χ3v) is 3.68. The molecular formula is C13H19ClN6S. The molecule has 0 aliphatic heterocycles. The fraction of sp³-hybridized carbons (Fsp3) is 0.462. The Morgan fingerprint density at radius 1 is 1.19 bits per heavy atom. The number of nitrogens with one attached hydrogen (secondary N) is 2. The lowest BCUT2D eigenvalue weighted by Crippen LogP contribution is -2.34. The Kier molecular flexibility index (Phi) is 5.58. The predicted octanol–water partition coefficient (Wildman–Crippen LogP) is 1.94. The number of halogens is 1. The largest absolute Gasteiger partial charge is 0.359 e. The Morgan fingerprint density at radius 2 is 1.95 bits per heavy atom. The number of aromatic nitrogens is 4. The van der Waals surface area contributed by atoms with E-state index in [0.29, 0.717) is 23.2 Å². The van der Waals surface area contributed by atoms with Gasteiger partial charge in [-0.25, -0.2) is 0 Å². The first kappa shape index (κ1) is 15.8. The van der Waals surface area contributed by atoms with Crippen molar-refractivity contribution in [2.75, 3.05) is 0 Å². The molecule has 0 radical (unpaired) electrons. The molecule has 0 saturated carbocycles. The van der Waals surface area contributed by atoms with Crippen LogP contribution in [-0.2, 0) is 26.2 Å². The first-order valence-corrected chi connectivity index (χ1v) is 7.65. The van der Waals surface area contributed by atoms with Crippen molar-refractivity contribution in [3.8, 4) is 0 Å². The molecule has 0 spiro atoms. The van der Waals surface area contributed by atoms with Gasteiger partial charge in [0.1, 0.15) is 0 Å². The van der Waals surface area contributed by atoms with Gasteiger partial charge >= 0.3 is 0 Å². The van der Waals surface area contributed by atoms with Gasteiger partial charge in [-0.15, -0.1) is 0 Å². The van der Waals surface area contributed by atoms with E-state index in [4.69, 9.17) is 23.8 Å². The molecule has 2 N–H and O–H groups in total. The smallest absolute Gasteiger partial charge is 0.166 e. The lowest BCUT2D eigenvalue weighted by Gasteiger charge is -2.11. The van der Waals surface area contributed by atoms with E-state index < -0.39 is 0 Å². The second kappa shape index (κ2) is 7.42. The van der Waals surface area contributed by atoms with Gasteiger partial charge < -0.3 is 10.6 Å². The van der Waals surface area contributed by atoms with Crippen LogP contribution in [0.3, 0.4) is 0 Å². The van der Waals surface area contributed by atoms with E-state index in [1.165, 1.54) is 0 Å². The van der Waals surface area contributed by atoms with Crippen LogP contribution in [0.15, 0.2) is 18.6 Å². The highest BCUT2D eigenvalue weighted by Crippen LogP contribution is 2.14. The normalized spacial score (nSPS) is 10.6. The second-order valence-corrected chi connectivity index (χ2v) is 5.31. The molecule has 2 aromatic heterocycles. The molecule has 2 aromatic rings. The number of thiocarbonyl (C=S) groups is 1. The van der Waals surface area contributed by atoms with Crippen LogP contribution in [0.1, 0.15) is 25.1 Å². The summed E-state index contributed by atoms with van der Waals surface area (Å²) >= 11 is 11.4. The summed E-state index contributed by atoms with van der Waals surface area (Å²) in [6, 6.07) is 0. The van der Waals surface area contributed by atoms with Gasteiger partial charge in [-0.1, -0.05) is 11.6 Å². The summed E-state index contributed by atoms with van der Waals surface area (Å²) in [5.74, 6) is 0. The van der Waals surface area contributed by atoms with Gasteiger partial charge in [0.15, 0.2) is 5.11 Å². The Labute approximate surface area is 134 Å². The molecule has 0 unspecified atom stereocenters. The van der Waals surface area contributed by atoms with Crippen LogP contribution >= 0.6 is 23.8 Å². The topological polar surface area (TPSA) is 59.7 Å². The maximum atomic E-state index is 6.10. The third-order valence-electron chi connectivity index (χ3n) is 3.08. The van der Waals surface area contributed by atoms with Gasteiger partial charge in [0.05, 0.1) is 29.7 Å². The van der Waals surface area contributed by atoms with Crippen molar-refractivity contribution in [2.24, 2.45) is 0 Å². The second-order valence-electron chi connectivity index (χ2n) is 4.50. The Balaban J connectivity index is 1.80. The van der Waals surface area contributed by atoms with Crippen LogP contribution < -0.4 is 10.6 Å². The molecule has 0 saturated heterocycles. The summed E-state index contributed by atoms with van der Waals surface area (Å²) in [4.78, 5) is 0. The summed E-state index contributed by atoms with van der Waals surface area (Å²) in [7, 11) is 0. The van der Waals surface area contributed by atoms with E-state index in [-0.39, 0.29) is 0 Å². The zero-order valence-corrected chi connectivity index (χ0v) is 13.7. The first-order valence-electron chi connectivity index (χ1n) is 6.87. The highest BCUT2D eigenvalue weighted by atomic mass is 35.5. The average Bonchev–Trinajstić information content (AvgIpc) is 3.09. The summed E-state index contributed by atoms with van der Waals surface area (Å²) in [6.07, 6.45) is 5.48. The SMILES string of the molecule is CCn1cc(CNC(=S)NCc2c(Cl)cnn2CC)cn1. The number of aryl methyl sites for hydroxylation is 2. The van der Waals surface area contributed by atoms with Crippen LogP contribution in [-0.4, -0.2) is 24.7 Å². The zero-order chi connectivity index (χ0) is 15.2. The molecular weight excluding hydrogens is 308 g/mol. The van der Waals surface area contributed by atoms with Gasteiger partial charge in [0.2, 0.25) is 0 Å². The number of rotatable bonds is 6. The Bertz CT molecular complexity index is 606. The Hall–Kier alpha value is -1.60. The van der Waals surface area contributed by atoms with Crippen LogP contribution in [0.25, 0.3) is 0 Å². The third kappa shape index (κ3) is 4.18. The van der Waals surface area contributed by atoms with Crippen molar-refractivity contribution in [2.45, 2.75) is 40.0 Å². The molecule has 8 heteroatoms. The van der Waals surface area contributed by atoms with Crippen molar-refractivity contribution in [3.63, 3.8) is 0 Å². The molecule has 0 amide bonds. The summed E-state index contributed by atoms with van der Waals surface area (Å²) in [5, 5.41) is 15.9. The number of hydrogen-bond acceptors (Lipinski definition) is 3. The minimum Gasteiger partial charge on any atom is -0.359 e. The van der Waals surface area contributed by atoms with Crippen LogP contribution in [0, 0.1) is 0 Å². The van der Waals surface area contributed by atoms with E-state index in [0.717, 1.165) is 24.3 Å². The molecule has 2 rings (SSSR count). The minimum absolute atomic E-state index is 0.548. The highest BCUT2D eigenvalue weighted by Gasteiger charge is 2.08. The molecule has 0 aromatic carbocycles. The number of hydrogen-bond donors (Lipinski definition) is 2. The average molecular weight is 327 g/mol. The fourth-order valence-corrected chi connectivity index (χ4v) is 2.27. The summed E-state index contributed by atoms with van der Waals surface area (Å²) < 4.78 is 3.73. The first-order chi connectivity index (χ1) is 10.1. The van der Waals surface area contributed by atoms with Crippen molar-refractivity contribution < 1.29 is 0 Å². The lowest BCUT2D eigenvalue weighted by molar-refractivity contribution is 0.612. The fourth-order valence-electron chi connectivity index (χ4n) is 1.92. The zero-order valence-electron chi connectivity index (χ0n) is 12.1. The standard InChI is InChI=1S/C13H19ClN6S/c1-3-19-9-10(6-17-19)5-15-13(21)16-8-12-11(14)7-18-20(12)4-2/h6-7,9H,3-5,8H2,1-2H3,(H2,15,16,21). The molecule has 0 aliphatic rings. The van der Waals surface area contributed by atoms with Gasteiger partial charge in [-0.3, -0.25) is 9.36 Å². The monoisotopic (exact) mass is 326 g/mol. The van der Waals surface area contributed by atoms with Gasteiger partial charge in [-0.2, -0.15) is 10.2 Å². The molecule has 2 heterocycles. The molecule has 114 valence electrons. The quantitative estimate of drug-likeness (QED) is 0.794.